The van der Waals surface area contributed by atoms with E-state index in [2.05, 4.69) is 15.6 Å². The highest BCUT2D eigenvalue weighted by atomic mass is 32.2. The standard InChI is InChI=1S/C24H25N3O7S/c1-31-19-11-14(12-20-22(19)33-9-8-32-20)3-6-21(28)26-16(7-10-35-2)23(29)25-15-4-5-18-17(13-15)27-24(30)34-18/h3-6,11-13,16H,7-10H2,1-2H3,(H,25,29)(H,26,28)(H,27,30)/b6-3-/t16-/m0/s1. The number of fused-ring (bicyclic) bond motifs is 2. The molecule has 0 saturated carbocycles. The van der Waals surface area contributed by atoms with Gasteiger partial charge in [-0.25, -0.2) is 4.79 Å². The zero-order chi connectivity index (χ0) is 24.8. The van der Waals surface area contributed by atoms with Crippen molar-refractivity contribution in [1.29, 1.82) is 0 Å². The van der Waals surface area contributed by atoms with Gasteiger partial charge in [0.2, 0.25) is 17.6 Å². The fourth-order valence-corrected chi connectivity index (χ4v) is 4.02. The smallest absolute Gasteiger partial charge is 0.417 e. The predicted molar refractivity (Wildman–Crippen MR) is 133 cm³/mol. The van der Waals surface area contributed by atoms with E-state index in [1.165, 1.54) is 13.2 Å². The summed E-state index contributed by atoms with van der Waals surface area (Å²) in [5.74, 6) is 0.902. The lowest BCUT2D eigenvalue weighted by Gasteiger charge is -2.21. The number of aromatic amines is 1. The molecule has 1 aliphatic rings. The van der Waals surface area contributed by atoms with Gasteiger partial charge >= 0.3 is 5.76 Å². The third-order valence-corrected chi connectivity index (χ3v) is 5.85. The third-order valence-electron chi connectivity index (χ3n) is 5.21. The van der Waals surface area contributed by atoms with E-state index in [0.717, 1.165) is 0 Å². The summed E-state index contributed by atoms with van der Waals surface area (Å²) < 4.78 is 21.6. The number of rotatable bonds is 9. The van der Waals surface area contributed by atoms with Gasteiger partial charge in [0.15, 0.2) is 17.1 Å². The van der Waals surface area contributed by atoms with Crippen LogP contribution in [0.4, 0.5) is 5.69 Å². The average Bonchev–Trinajstić information content (AvgIpc) is 3.23. The van der Waals surface area contributed by atoms with E-state index < -0.39 is 17.7 Å². The lowest BCUT2D eigenvalue weighted by atomic mass is 10.1. The number of amides is 2. The van der Waals surface area contributed by atoms with Crippen molar-refractivity contribution in [3.05, 3.63) is 52.5 Å². The molecule has 2 aromatic carbocycles. The molecule has 1 aliphatic heterocycles. The number of hydrogen-bond donors (Lipinski definition) is 3. The summed E-state index contributed by atoms with van der Waals surface area (Å²) in [7, 11) is 1.53. The molecule has 10 nitrogen and oxygen atoms in total. The van der Waals surface area contributed by atoms with Crippen LogP contribution in [0, 0.1) is 0 Å². The summed E-state index contributed by atoms with van der Waals surface area (Å²) in [5.41, 5.74) is 2.02. The van der Waals surface area contributed by atoms with E-state index in [4.69, 9.17) is 18.6 Å². The van der Waals surface area contributed by atoms with Crippen molar-refractivity contribution in [2.24, 2.45) is 0 Å². The quantitative estimate of drug-likeness (QED) is 0.383. The number of anilines is 1. The van der Waals surface area contributed by atoms with Gasteiger partial charge in [0.05, 0.1) is 12.6 Å². The summed E-state index contributed by atoms with van der Waals surface area (Å²) >= 11 is 1.57. The molecule has 3 aromatic rings. The Balaban J connectivity index is 1.44. The molecule has 11 heteroatoms. The van der Waals surface area contributed by atoms with E-state index in [0.29, 0.717) is 65.0 Å². The highest BCUT2D eigenvalue weighted by Gasteiger charge is 2.21. The monoisotopic (exact) mass is 499 g/mol. The molecular formula is C24H25N3O7S. The third kappa shape index (κ3) is 5.99. The van der Waals surface area contributed by atoms with E-state index in [-0.39, 0.29) is 5.91 Å². The molecule has 0 bridgehead atoms. The first kappa shape index (κ1) is 24.3. The SMILES string of the molecule is COc1cc(/C=C\C(=O)N[C@@H](CCSC)C(=O)Nc2ccc3oc(=O)[nH]c3c2)cc2c1OCCO2. The van der Waals surface area contributed by atoms with Gasteiger partial charge in [-0.15, -0.1) is 0 Å². The number of ether oxygens (including phenoxy) is 3. The van der Waals surface area contributed by atoms with Gasteiger partial charge in [-0.1, -0.05) is 0 Å². The Bertz CT molecular complexity index is 1300. The topological polar surface area (TPSA) is 132 Å². The van der Waals surface area contributed by atoms with Gasteiger partial charge in [-0.05, 0) is 60.4 Å². The number of carbonyl (C=O) groups is 2. The molecule has 3 N–H and O–H groups in total. The van der Waals surface area contributed by atoms with E-state index >= 15 is 0 Å². The fourth-order valence-electron chi connectivity index (χ4n) is 3.55. The molecule has 0 saturated heterocycles. The minimum absolute atomic E-state index is 0.369. The molecule has 0 aliphatic carbocycles. The van der Waals surface area contributed by atoms with Crippen molar-refractivity contribution in [3.8, 4) is 17.2 Å². The van der Waals surface area contributed by atoms with Gasteiger partial charge in [0.25, 0.3) is 0 Å². The van der Waals surface area contributed by atoms with Gasteiger partial charge < -0.3 is 29.3 Å². The zero-order valence-corrected chi connectivity index (χ0v) is 20.0. The van der Waals surface area contributed by atoms with E-state index in [9.17, 15) is 14.4 Å². The average molecular weight is 500 g/mol. The first-order valence-electron chi connectivity index (χ1n) is 10.9. The first-order valence-corrected chi connectivity index (χ1v) is 12.2. The Labute approximate surface area is 205 Å². The van der Waals surface area contributed by atoms with Crippen LogP contribution in [0.1, 0.15) is 12.0 Å². The number of nitrogens with one attached hydrogen (secondary N) is 3. The first-order chi connectivity index (χ1) is 17.0. The minimum Gasteiger partial charge on any atom is -0.493 e. The number of oxazole rings is 1. The highest BCUT2D eigenvalue weighted by molar-refractivity contribution is 7.98. The van der Waals surface area contributed by atoms with Crippen LogP contribution in [0.15, 0.2) is 45.6 Å². The van der Waals surface area contributed by atoms with Gasteiger partial charge in [0, 0.05) is 11.8 Å². The summed E-state index contributed by atoms with van der Waals surface area (Å²) in [6.07, 6.45) is 5.33. The molecule has 0 radical (unpaired) electrons. The number of H-pyrrole nitrogens is 1. The highest BCUT2D eigenvalue weighted by Crippen LogP contribution is 2.40. The normalized spacial score (nSPS) is 13.5. The van der Waals surface area contributed by atoms with Crippen molar-refractivity contribution in [2.45, 2.75) is 12.5 Å². The molecule has 35 heavy (non-hydrogen) atoms. The Morgan fingerprint density at radius 1 is 1.23 bits per heavy atom. The van der Waals surface area contributed by atoms with Crippen LogP contribution in [0.3, 0.4) is 0 Å². The molecule has 4 rings (SSSR count). The van der Waals surface area contributed by atoms with Crippen molar-refractivity contribution in [3.63, 3.8) is 0 Å². The molecule has 2 heterocycles. The van der Waals surface area contributed by atoms with E-state index in [1.54, 1.807) is 48.2 Å². The molecule has 0 unspecified atom stereocenters. The molecule has 0 fully saturated rings. The lowest BCUT2D eigenvalue weighted by molar-refractivity contribution is -0.123. The number of carbonyl (C=O) groups excluding carboxylic acids is 2. The van der Waals surface area contributed by atoms with Crippen molar-refractivity contribution >= 4 is 46.4 Å². The second-order valence-corrected chi connectivity index (χ2v) is 8.62. The Hall–Kier alpha value is -3.86. The number of methoxy groups -OCH3 is 1. The second-order valence-electron chi connectivity index (χ2n) is 7.64. The lowest BCUT2D eigenvalue weighted by Crippen LogP contribution is -2.43. The Morgan fingerprint density at radius 3 is 2.86 bits per heavy atom. The van der Waals surface area contributed by atoms with E-state index in [1.807, 2.05) is 6.26 Å². The van der Waals surface area contributed by atoms with Gasteiger partial charge in [0.1, 0.15) is 19.3 Å². The Morgan fingerprint density at radius 2 is 2.06 bits per heavy atom. The summed E-state index contributed by atoms with van der Waals surface area (Å²) in [6.45, 7) is 0.869. The van der Waals surface area contributed by atoms with Gasteiger partial charge in [-0.2, -0.15) is 11.8 Å². The second kappa shape index (κ2) is 11.0. The summed E-state index contributed by atoms with van der Waals surface area (Å²) in [6, 6.07) is 7.55. The Kier molecular flexibility index (Phi) is 7.66. The van der Waals surface area contributed by atoms with Crippen LogP contribution < -0.4 is 30.6 Å². The number of hydrogen-bond acceptors (Lipinski definition) is 8. The summed E-state index contributed by atoms with van der Waals surface area (Å²) in [4.78, 5) is 39.5. The maximum Gasteiger partial charge on any atom is 0.417 e. The van der Waals surface area contributed by atoms with Gasteiger partial charge in [-0.3, -0.25) is 14.6 Å². The molecule has 2 amide bonds. The molecule has 184 valence electrons. The number of thioether (sulfide) groups is 1. The fraction of sp³-hybridized carbons (Fsp3) is 0.292. The maximum absolute atomic E-state index is 12.9. The van der Waals surface area contributed by atoms with Crippen molar-refractivity contribution in [1.82, 2.24) is 10.3 Å². The molecular weight excluding hydrogens is 474 g/mol. The number of aromatic nitrogens is 1. The number of benzene rings is 2. The van der Waals surface area contributed by atoms with Crippen LogP contribution in [0.5, 0.6) is 17.2 Å². The molecule has 1 aromatic heterocycles. The van der Waals surface area contributed by atoms with Crippen LogP contribution in [-0.2, 0) is 9.59 Å². The zero-order valence-electron chi connectivity index (χ0n) is 19.2. The van der Waals surface area contributed by atoms with Crippen LogP contribution in [0.25, 0.3) is 17.2 Å². The summed E-state index contributed by atoms with van der Waals surface area (Å²) in [5, 5.41) is 5.54. The maximum atomic E-state index is 12.9. The van der Waals surface area contributed by atoms with Crippen LogP contribution in [-0.4, -0.2) is 55.2 Å². The van der Waals surface area contributed by atoms with Crippen LogP contribution >= 0.6 is 11.8 Å². The largest absolute Gasteiger partial charge is 0.493 e. The van der Waals surface area contributed by atoms with Crippen molar-refractivity contribution < 1.29 is 28.2 Å². The molecule has 1 atom stereocenters. The predicted octanol–water partition coefficient (Wildman–Crippen LogP) is 2.79. The van der Waals surface area contributed by atoms with Crippen LogP contribution in [0.2, 0.25) is 0 Å². The molecule has 0 spiro atoms. The van der Waals surface area contributed by atoms with Crippen molar-refractivity contribution in [2.75, 3.05) is 37.6 Å². The minimum atomic E-state index is -0.756.